The Morgan fingerprint density at radius 2 is 2.20 bits per heavy atom. The van der Waals surface area contributed by atoms with Crippen LogP contribution in [0.5, 0.6) is 5.75 Å². The number of hydrogen-bond acceptors (Lipinski definition) is 3. The molecule has 2 heterocycles. The third kappa shape index (κ3) is 3.02. The van der Waals surface area contributed by atoms with Crippen LogP contribution >= 0.6 is 15.9 Å². The van der Waals surface area contributed by atoms with Crippen LogP contribution in [0.4, 0.5) is 0 Å². The highest BCUT2D eigenvalue weighted by Crippen LogP contribution is 2.37. The van der Waals surface area contributed by atoms with E-state index in [0.29, 0.717) is 6.42 Å². The van der Waals surface area contributed by atoms with Gasteiger partial charge in [-0.15, -0.1) is 0 Å². The standard InChI is InChI=1S/C16H22BrNO2/c1-18-6-2-4-16(19,5-7-18)11-13-10-14(17)9-12-3-8-20-15(12)13/h9-10,19H,2-8,11H2,1H3. The summed E-state index contributed by atoms with van der Waals surface area (Å²) in [5.74, 6) is 1.01. The van der Waals surface area contributed by atoms with Crippen LogP contribution in [0.3, 0.4) is 0 Å². The molecule has 3 rings (SSSR count). The van der Waals surface area contributed by atoms with Gasteiger partial charge in [0.1, 0.15) is 5.75 Å². The van der Waals surface area contributed by atoms with Crippen molar-refractivity contribution in [3.8, 4) is 5.75 Å². The van der Waals surface area contributed by atoms with Gasteiger partial charge in [-0.1, -0.05) is 15.9 Å². The third-order valence-corrected chi connectivity index (χ3v) is 4.94. The normalized spacial score (nSPS) is 26.9. The molecule has 1 unspecified atom stereocenters. The molecule has 0 saturated carbocycles. The molecule has 0 aromatic heterocycles. The van der Waals surface area contributed by atoms with E-state index >= 15 is 0 Å². The molecule has 1 saturated heterocycles. The lowest BCUT2D eigenvalue weighted by Crippen LogP contribution is -2.33. The van der Waals surface area contributed by atoms with Crippen molar-refractivity contribution in [2.45, 2.75) is 37.7 Å². The second-order valence-electron chi connectivity index (χ2n) is 6.21. The van der Waals surface area contributed by atoms with Crippen LogP contribution in [0.2, 0.25) is 0 Å². The number of rotatable bonds is 2. The maximum atomic E-state index is 10.9. The number of benzene rings is 1. The van der Waals surface area contributed by atoms with Crippen LogP contribution in [-0.2, 0) is 12.8 Å². The topological polar surface area (TPSA) is 32.7 Å². The van der Waals surface area contributed by atoms with Gasteiger partial charge in [0.2, 0.25) is 0 Å². The zero-order chi connectivity index (χ0) is 14.2. The van der Waals surface area contributed by atoms with Gasteiger partial charge in [0.25, 0.3) is 0 Å². The summed E-state index contributed by atoms with van der Waals surface area (Å²) in [6, 6.07) is 4.24. The van der Waals surface area contributed by atoms with Crippen LogP contribution in [0.1, 0.15) is 30.4 Å². The second kappa shape index (κ2) is 5.66. The van der Waals surface area contributed by atoms with Gasteiger partial charge in [-0.3, -0.25) is 0 Å². The van der Waals surface area contributed by atoms with Crippen LogP contribution in [-0.4, -0.2) is 42.4 Å². The van der Waals surface area contributed by atoms with Crippen molar-refractivity contribution < 1.29 is 9.84 Å². The Morgan fingerprint density at radius 1 is 1.35 bits per heavy atom. The number of nitrogens with zero attached hydrogens (tertiary/aromatic N) is 1. The van der Waals surface area contributed by atoms with Crippen LogP contribution < -0.4 is 4.74 Å². The number of fused-ring (bicyclic) bond motifs is 1. The smallest absolute Gasteiger partial charge is 0.125 e. The highest BCUT2D eigenvalue weighted by molar-refractivity contribution is 9.10. The first-order chi connectivity index (χ1) is 9.56. The zero-order valence-corrected chi connectivity index (χ0v) is 13.6. The number of halogens is 1. The Morgan fingerprint density at radius 3 is 3.05 bits per heavy atom. The van der Waals surface area contributed by atoms with Crippen molar-refractivity contribution in [3.63, 3.8) is 0 Å². The lowest BCUT2D eigenvalue weighted by molar-refractivity contribution is 0.0258. The van der Waals surface area contributed by atoms with Crippen molar-refractivity contribution in [2.24, 2.45) is 0 Å². The van der Waals surface area contributed by atoms with Gasteiger partial charge in [0.05, 0.1) is 12.2 Å². The van der Waals surface area contributed by atoms with Crippen molar-refractivity contribution in [3.05, 3.63) is 27.7 Å². The molecule has 2 aliphatic rings. The first-order valence-corrected chi connectivity index (χ1v) is 8.20. The molecular formula is C16H22BrNO2. The molecule has 0 spiro atoms. The minimum atomic E-state index is -0.592. The summed E-state index contributed by atoms with van der Waals surface area (Å²) in [5.41, 5.74) is 1.83. The molecule has 1 aromatic rings. The average Bonchev–Trinajstić information content (AvgIpc) is 2.78. The van der Waals surface area contributed by atoms with Gasteiger partial charge in [-0.25, -0.2) is 0 Å². The molecule has 2 aliphatic heterocycles. The third-order valence-electron chi connectivity index (χ3n) is 4.49. The number of likely N-dealkylation sites (tertiary alicyclic amines) is 1. The Kier molecular flexibility index (Phi) is 4.07. The zero-order valence-electron chi connectivity index (χ0n) is 12.0. The predicted molar refractivity (Wildman–Crippen MR) is 83.3 cm³/mol. The van der Waals surface area contributed by atoms with Crippen molar-refractivity contribution in [2.75, 3.05) is 26.7 Å². The predicted octanol–water partition coefficient (Wildman–Crippen LogP) is 2.77. The summed E-state index contributed by atoms with van der Waals surface area (Å²) >= 11 is 3.58. The Hall–Kier alpha value is -0.580. The summed E-state index contributed by atoms with van der Waals surface area (Å²) in [5, 5.41) is 10.9. The van der Waals surface area contributed by atoms with E-state index in [0.717, 1.165) is 61.2 Å². The summed E-state index contributed by atoms with van der Waals surface area (Å²) in [7, 11) is 2.13. The monoisotopic (exact) mass is 339 g/mol. The fourth-order valence-corrected chi connectivity index (χ4v) is 3.88. The van der Waals surface area contributed by atoms with Gasteiger partial charge < -0.3 is 14.7 Å². The summed E-state index contributed by atoms with van der Waals surface area (Å²) in [6.07, 6.45) is 4.44. The minimum absolute atomic E-state index is 0.592. The maximum absolute atomic E-state index is 10.9. The van der Waals surface area contributed by atoms with Gasteiger partial charge in [-0.05, 0) is 56.1 Å². The van der Waals surface area contributed by atoms with Crippen molar-refractivity contribution >= 4 is 15.9 Å². The largest absolute Gasteiger partial charge is 0.493 e. The highest BCUT2D eigenvalue weighted by Gasteiger charge is 2.31. The summed E-state index contributed by atoms with van der Waals surface area (Å²) in [4.78, 5) is 2.31. The summed E-state index contributed by atoms with van der Waals surface area (Å²) < 4.78 is 6.87. The molecule has 0 aliphatic carbocycles. The van der Waals surface area contributed by atoms with Gasteiger partial charge >= 0.3 is 0 Å². The first kappa shape index (κ1) is 14.4. The lowest BCUT2D eigenvalue weighted by atomic mass is 9.87. The van der Waals surface area contributed by atoms with Crippen LogP contribution in [0.25, 0.3) is 0 Å². The van der Waals surface area contributed by atoms with E-state index in [1.807, 2.05) is 0 Å². The molecule has 0 bridgehead atoms. The number of aliphatic hydroxyl groups is 1. The fraction of sp³-hybridized carbons (Fsp3) is 0.625. The molecule has 1 atom stereocenters. The van der Waals surface area contributed by atoms with Crippen LogP contribution in [0, 0.1) is 0 Å². The van der Waals surface area contributed by atoms with E-state index in [1.54, 1.807) is 0 Å². The molecule has 4 heteroatoms. The van der Waals surface area contributed by atoms with E-state index in [4.69, 9.17) is 4.74 Å². The molecule has 1 fully saturated rings. The quantitative estimate of drug-likeness (QED) is 0.899. The highest BCUT2D eigenvalue weighted by atomic mass is 79.9. The van der Waals surface area contributed by atoms with Crippen LogP contribution in [0.15, 0.2) is 16.6 Å². The average molecular weight is 340 g/mol. The number of hydrogen-bond donors (Lipinski definition) is 1. The molecule has 0 radical (unpaired) electrons. The minimum Gasteiger partial charge on any atom is -0.493 e. The Balaban J connectivity index is 1.83. The van der Waals surface area contributed by atoms with Gasteiger partial charge in [0, 0.05) is 23.9 Å². The molecule has 20 heavy (non-hydrogen) atoms. The van der Waals surface area contributed by atoms with E-state index < -0.39 is 5.60 Å². The van der Waals surface area contributed by atoms with E-state index in [1.165, 1.54) is 5.56 Å². The lowest BCUT2D eigenvalue weighted by Gasteiger charge is -2.27. The molecular weight excluding hydrogens is 318 g/mol. The molecule has 110 valence electrons. The molecule has 1 N–H and O–H groups in total. The number of ether oxygens (including phenoxy) is 1. The fourth-order valence-electron chi connectivity index (χ4n) is 3.32. The van der Waals surface area contributed by atoms with Gasteiger partial charge in [-0.2, -0.15) is 0 Å². The van der Waals surface area contributed by atoms with Gasteiger partial charge in [0.15, 0.2) is 0 Å². The van der Waals surface area contributed by atoms with E-state index in [9.17, 15) is 5.11 Å². The SMILES string of the molecule is CN1CCCC(O)(Cc2cc(Br)cc3c2OCC3)CC1. The van der Waals surface area contributed by atoms with Crippen molar-refractivity contribution in [1.29, 1.82) is 0 Å². The molecule has 1 aromatic carbocycles. The second-order valence-corrected chi connectivity index (χ2v) is 7.13. The van der Waals surface area contributed by atoms with E-state index in [-0.39, 0.29) is 0 Å². The molecule has 0 amide bonds. The Bertz CT molecular complexity index is 505. The maximum Gasteiger partial charge on any atom is 0.125 e. The van der Waals surface area contributed by atoms with Crippen molar-refractivity contribution in [1.82, 2.24) is 4.90 Å². The molecule has 3 nitrogen and oxygen atoms in total. The Labute approximate surface area is 129 Å². The first-order valence-electron chi connectivity index (χ1n) is 7.41. The summed E-state index contributed by atoms with van der Waals surface area (Å²) in [6.45, 7) is 2.81. The van der Waals surface area contributed by atoms with E-state index in [2.05, 4.69) is 40.0 Å².